The molecule has 0 aliphatic carbocycles. The summed E-state index contributed by atoms with van der Waals surface area (Å²) in [6.45, 7) is 19.2. The zero-order valence-corrected chi connectivity index (χ0v) is 13.3. The molecule has 1 nitrogen and oxygen atoms in total. The van der Waals surface area contributed by atoms with Crippen molar-refractivity contribution < 1.29 is 0 Å². The van der Waals surface area contributed by atoms with Crippen LogP contribution >= 0.6 is 0 Å². The van der Waals surface area contributed by atoms with Crippen LogP contribution in [0.3, 0.4) is 0 Å². The molecule has 0 atom stereocenters. The fourth-order valence-electron chi connectivity index (χ4n) is 2.13. The summed E-state index contributed by atoms with van der Waals surface area (Å²) in [4.78, 5) is 2.50. The Balaban J connectivity index is 0. The lowest BCUT2D eigenvalue weighted by molar-refractivity contribution is 0.102. The van der Waals surface area contributed by atoms with E-state index in [2.05, 4.69) is 53.5 Å². The summed E-state index contributed by atoms with van der Waals surface area (Å²) in [5.41, 5.74) is 0.747. The molecular formula is C15H35N. The Morgan fingerprint density at radius 2 is 1.38 bits per heavy atom. The van der Waals surface area contributed by atoms with Gasteiger partial charge in [0.25, 0.3) is 0 Å². The molecule has 0 saturated heterocycles. The first-order valence-electron chi connectivity index (χ1n) is 6.90. The van der Waals surface area contributed by atoms with Gasteiger partial charge in [-0.3, -0.25) is 0 Å². The molecule has 0 aromatic heterocycles. The Hall–Kier alpha value is -0.0400. The molecule has 100 valence electrons. The van der Waals surface area contributed by atoms with Crippen molar-refractivity contribution in [1.82, 2.24) is 4.90 Å². The van der Waals surface area contributed by atoms with Crippen molar-refractivity contribution in [2.75, 3.05) is 13.6 Å². The summed E-state index contributed by atoms with van der Waals surface area (Å²) in [5, 5.41) is 0. The highest BCUT2D eigenvalue weighted by Gasteiger charge is 2.28. The molecule has 0 saturated carbocycles. The fourth-order valence-corrected chi connectivity index (χ4v) is 2.13. The summed E-state index contributed by atoms with van der Waals surface area (Å²) >= 11 is 0. The second-order valence-electron chi connectivity index (χ2n) is 6.32. The van der Waals surface area contributed by atoms with Crippen LogP contribution in [-0.2, 0) is 0 Å². The first kappa shape index (κ1) is 18.3. The van der Waals surface area contributed by atoms with E-state index < -0.39 is 0 Å². The molecule has 0 fully saturated rings. The van der Waals surface area contributed by atoms with Gasteiger partial charge >= 0.3 is 0 Å². The third kappa shape index (κ3) is 9.21. The van der Waals surface area contributed by atoms with Gasteiger partial charge in [0.1, 0.15) is 0 Å². The second kappa shape index (κ2) is 8.11. The first-order chi connectivity index (χ1) is 7.19. The lowest BCUT2D eigenvalue weighted by Gasteiger charge is -2.40. The van der Waals surface area contributed by atoms with E-state index in [9.17, 15) is 0 Å². The minimum atomic E-state index is 0.327. The molecule has 1 heteroatoms. The van der Waals surface area contributed by atoms with E-state index >= 15 is 0 Å². The van der Waals surface area contributed by atoms with Crippen molar-refractivity contribution in [3.63, 3.8) is 0 Å². The average molecular weight is 229 g/mol. The summed E-state index contributed by atoms with van der Waals surface area (Å²) in [6, 6.07) is 0. The maximum absolute atomic E-state index is 2.50. The number of nitrogens with zero attached hydrogens (tertiary/aromatic N) is 1. The average Bonchev–Trinajstić information content (AvgIpc) is 2.13. The van der Waals surface area contributed by atoms with E-state index in [1.165, 1.54) is 25.8 Å². The third-order valence-corrected chi connectivity index (χ3v) is 2.84. The van der Waals surface area contributed by atoms with Gasteiger partial charge in [-0.2, -0.15) is 0 Å². The molecule has 16 heavy (non-hydrogen) atoms. The molecule has 0 amide bonds. The molecule has 0 aromatic carbocycles. The highest BCUT2D eigenvalue weighted by Crippen LogP contribution is 2.30. The van der Waals surface area contributed by atoms with E-state index in [0.717, 1.165) is 0 Å². The van der Waals surface area contributed by atoms with E-state index in [1.807, 2.05) is 13.8 Å². The van der Waals surface area contributed by atoms with Gasteiger partial charge in [0.15, 0.2) is 0 Å². The Morgan fingerprint density at radius 1 is 0.938 bits per heavy atom. The van der Waals surface area contributed by atoms with Crippen LogP contribution < -0.4 is 0 Å². The van der Waals surface area contributed by atoms with Gasteiger partial charge in [-0.05, 0) is 45.7 Å². The predicted octanol–water partition coefficient (Wildman–Crippen LogP) is 4.96. The summed E-state index contributed by atoms with van der Waals surface area (Å²) in [5.74, 6) is 0. The molecule has 0 radical (unpaired) electrons. The summed E-state index contributed by atoms with van der Waals surface area (Å²) in [6.07, 6.45) is 3.85. The van der Waals surface area contributed by atoms with Gasteiger partial charge < -0.3 is 4.90 Å². The highest BCUT2D eigenvalue weighted by molar-refractivity contribution is 4.84. The normalized spacial score (nSPS) is 12.4. The molecule has 0 aliphatic rings. The van der Waals surface area contributed by atoms with Gasteiger partial charge in [0.05, 0.1) is 0 Å². The van der Waals surface area contributed by atoms with Crippen LogP contribution in [0, 0.1) is 5.41 Å². The molecular weight excluding hydrogens is 194 g/mol. The summed E-state index contributed by atoms with van der Waals surface area (Å²) in [7, 11) is 2.25. The Labute approximate surface area is 105 Å². The molecule has 0 heterocycles. The van der Waals surface area contributed by atoms with Gasteiger partial charge in [0, 0.05) is 5.54 Å². The van der Waals surface area contributed by atoms with Crippen LogP contribution in [0.25, 0.3) is 0 Å². The predicted molar refractivity (Wildman–Crippen MR) is 77.0 cm³/mol. The smallest absolute Gasteiger partial charge is 0.0155 e. The Morgan fingerprint density at radius 3 is 1.69 bits per heavy atom. The van der Waals surface area contributed by atoms with Crippen molar-refractivity contribution in [2.24, 2.45) is 5.41 Å². The zero-order valence-electron chi connectivity index (χ0n) is 13.3. The largest absolute Gasteiger partial charge is 0.301 e. The highest BCUT2D eigenvalue weighted by atomic mass is 15.2. The minimum Gasteiger partial charge on any atom is -0.301 e. The molecule has 0 aliphatic heterocycles. The van der Waals surface area contributed by atoms with Crippen molar-refractivity contribution in [2.45, 2.75) is 80.2 Å². The SMILES string of the molecule is CC.CCCCN(C)C(C)(C)CC(C)(C)C. The maximum atomic E-state index is 2.50. The van der Waals surface area contributed by atoms with E-state index in [4.69, 9.17) is 0 Å². The van der Waals surface area contributed by atoms with Gasteiger partial charge in [-0.1, -0.05) is 48.0 Å². The lowest BCUT2D eigenvalue weighted by atomic mass is 9.81. The monoisotopic (exact) mass is 229 g/mol. The van der Waals surface area contributed by atoms with Crippen molar-refractivity contribution in [3.05, 3.63) is 0 Å². The number of rotatable bonds is 5. The lowest BCUT2D eigenvalue weighted by Crippen LogP contribution is -2.44. The first-order valence-corrected chi connectivity index (χ1v) is 6.90. The zero-order chi connectivity index (χ0) is 13.4. The molecule has 0 unspecified atom stereocenters. The maximum Gasteiger partial charge on any atom is 0.0155 e. The minimum absolute atomic E-state index is 0.327. The Bertz CT molecular complexity index is 153. The fraction of sp³-hybridized carbons (Fsp3) is 1.00. The van der Waals surface area contributed by atoms with Gasteiger partial charge in [-0.25, -0.2) is 0 Å². The quantitative estimate of drug-likeness (QED) is 0.644. The number of hydrogen-bond acceptors (Lipinski definition) is 1. The topological polar surface area (TPSA) is 3.24 Å². The molecule has 0 spiro atoms. The molecule has 0 aromatic rings. The van der Waals surface area contributed by atoms with Crippen LogP contribution in [0.1, 0.15) is 74.7 Å². The standard InChI is InChI=1S/C13H29N.C2H6/c1-8-9-10-14(7)13(5,6)11-12(2,3)4;1-2/h8-11H2,1-7H3;1-2H3. The van der Waals surface area contributed by atoms with Crippen molar-refractivity contribution >= 4 is 0 Å². The molecule has 0 rings (SSSR count). The van der Waals surface area contributed by atoms with Crippen LogP contribution in [0.15, 0.2) is 0 Å². The van der Waals surface area contributed by atoms with E-state index in [1.54, 1.807) is 0 Å². The van der Waals surface area contributed by atoms with Crippen LogP contribution in [0.4, 0.5) is 0 Å². The van der Waals surface area contributed by atoms with Crippen LogP contribution in [-0.4, -0.2) is 24.0 Å². The van der Waals surface area contributed by atoms with Crippen molar-refractivity contribution in [1.29, 1.82) is 0 Å². The summed E-state index contributed by atoms with van der Waals surface area (Å²) < 4.78 is 0. The van der Waals surface area contributed by atoms with E-state index in [0.29, 0.717) is 11.0 Å². The third-order valence-electron chi connectivity index (χ3n) is 2.84. The van der Waals surface area contributed by atoms with Gasteiger partial charge in [-0.15, -0.1) is 0 Å². The van der Waals surface area contributed by atoms with Crippen LogP contribution in [0.5, 0.6) is 0 Å². The molecule has 0 bridgehead atoms. The number of hydrogen-bond donors (Lipinski definition) is 0. The second-order valence-corrected chi connectivity index (χ2v) is 6.32. The van der Waals surface area contributed by atoms with Gasteiger partial charge in [0.2, 0.25) is 0 Å². The Kier molecular flexibility index (Phi) is 9.29. The number of unbranched alkanes of at least 4 members (excludes halogenated alkanes) is 1. The van der Waals surface area contributed by atoms with Crippen molar-refractivity contribution in [3.8, 4) is 0 Å². The van der Waals surface area contributed by atoms with E-state index in [-0.39, 0.29) is 0 Å². The van der Waals surface area contributed by atoms with Crippen LogP contribution in [0.2, 0.25) is 0 Å². The molecule has 0 N–H and O–H groups in total.